The first-order valence-electron chi connectivity index (χ1n) is 4.67. The van der Waals surface area contributed by atoms with Crippen molar-refractivity contribution in [3.63, 3.8) is 0 Å². The molecule has 1 saturated heterocycles. The largest absolute Gasteiger partial charge is 0.314 e. The smallest absolute Gasteiger partial charge is 0.0535 e. The Hall–Kier alpha value is -0.580. The Morgan fingerprint density at radius 3 is 2.71 bits per heavy atom. The molecular weight excluding hydrogens is 200 g/mol. The molecule has 0 atom stereocenters. The molecule has 2 N–H and O–H groups in total. The van der Waals surface area contributed by atoms with Crippen molar-refractivity contribution in [1.82, 2.24) is 20.4 Å². The summed E-state index contributed by atoms with van der Waals surface area (Å²) in [6, 6.07) is 0.703. The van der Waals surface area contributed by atoms with Crippen LogP contribution in [0.2, 0.25) is 0 Å². The van der Waals surface area contributed by atoms with Crippen LogP contribution in [-0.2, 0) is 6.54 Å². The molecule has 0 aliphatic carbocycles. The van der Waals surface area contributed by atoms with E-state index in [1.54, 1.807) is 0 Å². The lowest BCUT2D eigenvalue weighted by atomic mass is 10.1. The van der Waals surface area contributed by atoms with Gasteiger partial charge in [-0.25, -0.2) is 0 Å². The van der Waals surface area contributed by atoms with E-state index in [1.807, 2.05) is 6.20 Å². The fourth-order valence-corrected chi connectivity index (χ4v) is 1.52. The highest BCUT2D eigenvalue weighted by Crippen LogP contribution is 2.10. The van der Waals surface area contributed by atoms with Crippen molar-refractivity contribution in [2.45, 2.75) is 19.5 Å². The summed E-state index contributed by atoms with van der Waals surface area (Å²) in [5.41, 5.74) is 2.48. The van der Waals surface area contributed by atoms with Gasteiger partial charge in [0.05, 0.1) is 6.20 Å². The number of likely N-dealkylation sites (N-methyl/N-ethyl adjacent to an activating group) is 1. The zero-order valence-electron chi connectivity index (χ0n) is 8.58. The van der Waals surface area contributed by atoms with Crippen LogP contribution in [0.4, 0.5) is 0 Å². The zero-order chi connectivity index (χ0) is 9.26. The van der Waals surface area contributed by atoms with Crippen molar-refractivity contribution in [3.8, 4) is 0 Å². The number of hydrogen-bond donors (Lipinski definition) is 2. The summed E-state index contributed by atoms with van der Waals surface area (Å²) in [7, 11) is 2.16. The lowest BCUT2D eigenvalue weighted by Crippen LogP contribution is -2.55. The molecule has 0 aromatic carbocycles. The zero-order valence-corrected chi connectivity index (χ0v) is 9.40. The Kier molecular flexibility index (Phi) is 3.92. The van der Waals surface area contributed by atoms with E-state index < -0.39 is 0 Å². The topological polar surface area (TPSA) is 44.0 Å². The molecule has 1 aromatic rings. The molecule has 0 radical (unpaired) electrons. The van der Waals surface area contributed by atoms with E-state index in [-0.39, 0.29) is 12.4 Å². The highest BCUT2D eigenvalue weighted by atomic mass is 35.5. The third-order valence-corrected chi connectivity index (χ3v) is 2.74. The van der Waals surface area contributed by atoms with Crippen LogP contribution < -0.4 is 5.32 Å². The fourth-order valence-electron chi connectivity index (χ4n) is 1.52. The Morgan fingerprint density at radius 1 is 1.57 bits per heavy atom. The maximum Gasteiger partial charge on any atom is 0.0535 e. The minimum absolute atomic E-state index is 0. The average molecular weight is 217 g/mol. The summed E-state index contributed by atoms with van der Waals surface area (Å²) in [5, 5.41) is 10.2. The van der Waals surface area contributed by atoms with Gasteiger partial charge in [0.1, 0.15) is 0 Å². The minimum Gasteiger partial charge on any atom is -0.314 e. The van der Waals surface area contributed by atoms with E-state index in [2.05, 4.69) is 34.4 Å². The third kappa shape index (κ3) is 2.26. The molecule has 14 heavy (non-hydrogen) atoms. The van der Waals surface area contributed by atoms with Crippen LogP contribution in [0, 0.1) is 6.92 Å². The second-order valence-corrected chi connectivity index (χ2v) is 3.75. The SMILES string of the molecule is Cc1[nH]ncc1CN(C)C1CNC1.Cl. The lowest BCUT2D eigenvalue weighted by Gasteiger charge is -2.35. The van der Waals surface area contributed by atoms with Gasteiger partial charge >= 0.3 is 0 Å². The number of halogens is 1. The molecule has 0 unspecified atom stereocenters. The number of hydrogen-bond acceptors (Lipinski definition) is 3. The lowest BCUT2D eigenvalue weighted by molar-refractivity contribution is 0.173. The molecule has 1 aliphatic heterocycles. The molecular formula is C9H17ClN4. The molecule has 1 fully saturated rings. The second-order valence-electron chi connectivity index (χ2n) is 3.75. The quantitative estimate of drug-likeness (QED) is 0.776. The van der Waals surface area contributed by atoms with Crippen molar-refractivity contribution < 1.29 is 0 Å². The second kappa shape index (κ2) is 4.77. The number of nitrogens with one attached hydrogen (secondary N) is 2. The van der Waals surface area contributed by atoms with Gasteiger partial charge in [-0.2, -0.15) is 5.10 Å². The van der Waals surface area contributed by atoms with Crippen LogP contribution in [-0.4, -0.2) is 41.3 Å². The fraction of sp³-hybridized carbons (Fsp3) is 0.667. The summed E-state index contributed by atoms with van der Waals surface area (Å²) < 4.78 is 0. The predicted molar refractivity (Wildman–Crippen MR) is 58.7 cm³/mol. The predicted octanol–water partition coefficient (Wildman–Crippen LogP) is 0.544. The number of aromatic amines is 1. The molecule has 5 heteroatoms. The van der Waals surface area contributed by atoms with Crippen LogP contribution in [0.5, 0.6) is 0 Å². The molecule has 2 rings (SSSR count). The van der Waals surface area contributed by atoms with E-state index in [9.17, 15) is 0 Å². The number of aromatic nitrogens is 2. The maximum atomic E-state index is 4.01. The third-order valence-electron chi connectivity index (χ3n) is 2.74. The van der Waals surface area contributed by atoms with Gasteiger partial charge in [-0.15, -0.1) is 12.4 Å². The molecule has 0 bridgehead atoms. The first-order valence-corrected chi connectivity index (χ1v) is 4.67. The normalized spacial score (nSPS) is 16.5. The standard InChI is InChI=1S/C9H16N4.ClH/c1-7-8(3-11-12-7)6-13(2)9-4-10-5-9;/h3,9-10H,4-6H2,1-2H3,(H,11,12);1H. The van der Waals surface area contributed by atoms with Gasteiger partial charge in [-0.3, -0.25) is 10.00 Å². The summed E-state index contributed by atoms with van der Waals surface area (Å²) in [4.78, 5) is 2.37. The van der Waals surface area contributed by atoms with E-state index in [1.165, 1.54) is 11.3 Å². The van der Waals surface area contributed by atoms with Crippen molar-refractivity contribution in [3.05, 3.63) is 17.5 Å². The van der Waals surface area contributed by atoms with E-state index in [0.29, 0.717) is 6.04 Å². The number of rotatable bonds is 3. The van der Waals surface area contributed by atoms with Gasteiger partial charge in [-0.1, -0.05) is 0 Å². The molecule has 2 heterocycles. The van der Waals surface area contributed by atoms with E-state index >= 15 is 0 Å². The Labute approximate surface area is 90.5 Å². The highest BCUT2D eigenvalue weighted by Gasteiger charge is 2.21. The van der Waals surface area contributed by atoms with Gasteiger partial charge < -0.3 is 5.32 Å². The van der Waals surface area contributed by atoms with Gasteiger partial charge in [0.15, 0.2) is 0 Å². The highest BCUT2D eigenvalue weighted by molar-refractivity contribution is 5.85. The van der Waals surface area contributed by atoms with Crippen molar-refractivity contribution in [2.75, 3.05) is 20.1 Å². The molecule has 1 aliphatic rings. The number of H-pyrrole nitrogens is 1. The van der Waals surface area contributed by atoms with Gasteiger partial charge in [0.25, 0.3) is 0 Å². The summed E-state index contributed by atoms with van der Waals surface area (Å²) in [6.07, 6.45) is 1.91. The minimum atomic E-state index is 0. The number of nitrogens with zero attached hydrogens (tertiary/aromatic N) is 2. The maximum absolute atomic E-state index is 4.01. The number of aryl methyl sites for hydroxylation is 1. The molecule has 0 spiro atoms. The Balaban J connectivity index is 0.000000980. The summed E-state index contributed by atoms with van der Waals surface area (Å²) in [5.74, 6) is 0. The Morgan fingerprint density at radius 2 is 2.29 bits per heavy atom. The van der Waals surface area contributed by atoms with Crippen LogP contribution in [0.3, 0.4) is 0 Å². The van der Waals surface area contributed by atoms with Crippen molar-refractivity contribution in [2.24, 2.45) is 0 Å². The molecule has 80 valence electrons. The van der Waals surface area contributed by atoms with Gasteiger partial charge in [0.2, 0.25) is 0 Å². The van der Waals surface area contributed by atoms with Crippen molar-refractivity contribution >= 4 is 12.4 Å². The summed E-state index contributed by atoms with van der Waals surface area (Å²) in [6.45, 7) is 5.30. The summed E-state index contributed by atoms with van der Waals surface area (Å²) >= 11 is 0. The van der Waals surface area contributed by atoms with Crippen LogP contribution in [0.1, 0.15) is 11.3 Å². The van der Waals surface area contributed by atoms with Crippen LogP contribution in [0.15, 0.2) is 6.20 Å². The van der Waals surface area contributed by atoms with Crippen molar-refractivity contribution in [1.29, 1.82) is 0 Å². The average Bonchev–Trinajstić information content (AvgIpc) is 2.32. The van der Waals surface area contributed by atoms with Gasteiger partial charge in [-0.05, 0) is 14.0 Å². The van der Waals surface area contributed by atoms with Gasteiger partial charge in [0, 0.05) is 36.9 Å². The molecule has 4 nitrogen and oxygen atoms in total. The molecule has 0 saturated carbocycles. The molecule has 1 aromatic heterocycles. The van der Waals surface area contributed by atoms with Crippen LogP contribution in [0.25, 0.3) is 0 Å². The Bertz CT molecular complexity index is 282. The van der Waals surface area contributed by atoms with E-state index in [4.69, 9.17) is 0 Å². The van der Waals surface area contributed by atoms with Crippen LogP contribution >= 0.6 is 12.4 Å². The van der Waals surface area contributed by atoms with E-state index in [0.717, 1.165) is 19.6 Å². The first kappa shape index (κ1) is 11.5. The first-order chi connectivity index (χ1) is 6.27. The monoisotopic (exact) mass is 216 g/mol. The molecule has 0 amide bonds.